The van der Waals surface area contributed by atoms with Gasteiger partial charge in [-0.3, -0.25) is 14.4 Å². The van der Waals surface area contributed by atoms with Crippen molar-refractivity contribution in [3.05, 3.63) is 64.7 Å². The van der Waals surface area contributed by atoms with Crippen LogP contribution in [0.15, 0.2) is 42.5 Å². The van der Waals surface area contributed by atoms with Gasteiger partial charge in [0.15, 0.2) is 0 Å². The van der Waals surface area contributed by atoms with Crippen LogP contribution >= 0.6 is 0 Å². The summed E-state index contributed by atoms with van der Waals surface area (Å²) in [6.07, 6.45) is 1.99. The van der Waals surface area contributed by atoms with Crippen molar-refractivity contribution in [3.8, 4) is 5.75 Å². The first-order chi connectivity index (χ1) is 16.1. The van der Waals surface area contributed by atoms with E-state index >= 15 is 0 Å². The van der Waals surface area contributed by atoms with Crippen LogP contribution in [0, 0.1) is 0 Å². The molecule has 0 saturated carbocycles. The Morgan fingerprint density at radius 1 is 1.09 bits per heavy atom. The molecule has 0 aliphatic carbocycles. The summed E-state index contributed by atoms with van der Waals surface area (Å²) in [5.74, 6) is 0.497. The van der Waals surface area contributed by atoms with E-state index in [0.717, 1.165) is 24.1 Å². The van der Waals surface area contributed by atoms with Gasteiger partial charge in [-0.05, 0) is 47.9 Å². The first kappa shape index (κ1) is 22.8. The number of amides is 3. The van der Waals surface area contributed by atoms with Gasteiger partial charge in [0.2, 0.25) is 5.91 Å². The SMILES string of the molecule is O=C1NCCOCCOc2ccc(C(=O)NCCN3CCCC3=O)cc2Cc2cccc1c2. The Hall–Kier alpha value is -3.39. The minimum Gasteiger partial charge on any atom is -0.491 e. The summed E-state index contributed by atoms with van der Waals surface area (Å²) < 4.78 is 11.5. The molecule has 1 saturated heterocycles. The number of rotatable bonds is 4. The van der Waals surface area contributed by atoms with Gasteiger partial charge >= 0.3 is 0 Å². The molecule has 2 aromatic carbocycles. The van der Waals surface area contributed by atoms with Crippen molar-refractivity contribution in [1.82, 2.24) is 15.5 Å². The maximum atomic E-state index is 12.7. The molecule has 2 aliphatic rings. The van der Waals surface area contributed by atoms with E-state index in [0.29, 0.717) is 69.2 Å². The third-order valence-corrected chi connectivity index (χ3v) is 5.76. The summed E-state index contributed by atoms with van der Waals surface area (Å²) in [4.78, 5) is 38.6. The Labute approximate surface area is 193 Å². The summed E-state index contributed by atoms with van der Waals surface area (Å²) >= 11 is 0. The average Bonchev–Trinajstić information content (AvgIpc) is 3.23. The van der Waals surface area contributed by atoms with Gasteiger partial charge in [-0.1, -0.05) is 12.1 Å². The minimum atomic E-state index is -0.194. The smallest absolute Gasteiger partial charge is 0.251 e. The molecule has 0 spiro atoms. The predicted molar refractivity (Wildman–Crippen MR) is 122 cm³/mol. The summed E-state index contributed by atoms with van der Waals surface area (Å²) in [6.45, 7) is 3.30. The second kappa shape index (κ2) is 11.0. The molecule has 0 unspecified atom stereocenters. The molecule has 0 aromatic heterocycles. The number of carbonyl (C=O) groups excluding carboxylic acids is 3. The molecule has 2 aliphatic heterocycles. The van der Waals surface area contributed by atoms with Crippen LogP contribution < -0.4 is 15.4 Å². The topological polar surface area (TPSA) is 97.0 Å². The highest BCUT2D eigenvalue weighted by molar-refractivity contribution is 5.95. The lowest BCUT2D eigenvalue weighted by Crippen LogP contribution is -2.35. The zero-order valence-corrected chi connectivity index (χ0v) is 18.6. The third-order valence-electron chi connectivity index (χ3n) is 5.76. The Kier molecular flexibility index (Phi) is 7.57. The van der Waals surface area contributed by atoms with Crippen LogP contribution in [0.1, 0.15) is 44.7 Å². The average molecular weight is 452 g/mol. The summed E-state index contributed by atoms with van der Waals surface area (Å²) in [5, 5.41) is 5.75. The van der Waals surface area contributed by atoms with Gasteiger partial charge in [0.05, 0.1) is 13.2 Å². The highest BCUT2D eigenvalue weighted by Gasteiger charge is 2.20. The van der Waals surface area contributed by atoms with Crippen LogP contribution in [0.25, 0.3) is 0 Å². The molecule has 4 rings (SSSR count). The largest absolute Gasteiger partial charge is 0.491 e. The second-order valence-electron chi connectivity index (χ2n) is 8.16. The van der Waals surface area contributed by atoms with Gasteiger partial charge in [0.1, 0.15) is 12.4 Å². The van der Waals surface area contributed by atoms with E-state index in [1.54, 1.807) is 23.1 Å². The monoisotopic (exact) mass is 451 g/mol. The van der Waals surface area contributed by atoms with Gasteiger partial charge in [-0.25, -0.2) is 0 Å². The normalized spacial score (nSPS) is 16.9. The number of nitrogens with zero attached hydrogens (tertiary/aromatic N) is 1. The summed E-state index contributed by atoms with van der Waals surface area (Å²) in [7, 11) is 0. The number of fused-ring (bicyclic) bond motifs is 3. The van der Waals surface area contributed by atoms with E-state index in [1.165, 1.54) is 0 Å². The van der Waals surface area contributed by atoms with Crippen LogP contribution in [-0.2, 0) is 16.0 Å². The molecular weight excluding hydrogens is 422 g/mol. The summed E-state index contributed by atoms with van der Waals surface area (Å²) in [5.41, 5.74) is 2.91. The molecule has 2 N–H and O–H groups in total. The lowest BCUT2D eigenvalue weighted by atomic mass is 9.99. The fourth-order valence-corrected chi connectivity index (χ4v) is 4.04. The van der Waals surface area contributed by atoms with E-state index < -0.39 is 0 Å². The van der Waals surface area contributed by atoms with Crippen LogP contribution in [0.5, 0.6) is 5.75 Å². The number of nitrogens with one attached hydrogen (secondary N) is 2. The van der Waals surface area contributed by atoms with Crippen molar-refractivity contribution in [2.24, 2.45) is 0 Å². The lowest BCUT2D eigenvalue weighted by molar-refractivity contribution is -0.127. The molecule has 0 radical (unpaired) electrons. The van der Waals surface area contributed by atoms with Crippen molar-refractivity contribution in [2.45, 2.75) is 19.3 Å². The fourth-order valence-electron chi connectivity index (χ4n) is 4.04. The van der Waals surface area contributed by atoms with Crippen molar-refractivity contribution in [2.75, 3.05) is 46.0 Å². The van der Waals surface area contributed by atoms with Crippen LogP contribution in [0.4, 0.5) is 0 Å². The second-order valence-corrected chi connectivity index (χ2v) is 8.16. The Morgan fingerprint density at radius 2 is 2.00 bits per heavy atom. The van der Waals surface area contributed by atoms with Crippen LogP contribution in [0.3, 0.4) is 0 Å². The first-order valence-electron chi connectivity index (χ1n) is 11.4. The van der Waals surface area contributed by atoms with E-state index in [1.807, 2.05) is 24.3 Å². The maximum Gasteiger partial charge on any atom is 0.251 e. The first-order valence-corrected chi connectivity index (χ1v) is 11.4. The number of benzene rings is 2. The van der Waals surface area contributed by atoms with Crippen molar-refractivity contribution in [1.29, 1.82) is 0 Å². The molecule has 33 heavy (non-hydrogen) atoms. The van der Waals surface area contributed by atoms with Crippen molar-refractivity contribution < 1.29 is 23.9 Å². The van der Waals surface area contributed by atoms with E-state index in [9.17, 15) is 14.4 Å². The number of hydrogen-bond acceptors (Lipinski definition) is 5. The molecule has 8 heteroatoms. The number of hydrogen-bond donors (Lipinski definition) is 2. The molecular formula is C25H29N3O5. The number of likely N-dealkylation sites (tertiary alicyclic amines) is 1. The lowest BCUT2D eigenvalue weighted by Gasteiger charge is -2.17. The highest BCUT2D eigenvalue weighted by atomic mass is 16.5. The zero-order chi connectivity index (χ0) is 23.0. The Morgan fingerprint density at radius 3 is 2.85 bits per heavy atom. The number of ether oxygens (including phenoxy) is 2. The molecule has 2 bridgehead atoms. The van der Waals surface area contributed by atoms with Crippen molar-refractivity contribution >= 4 is 17.7 Å². The molecule has 1 fully saturated rings. The maximum absolute atomic E-state index is 12.7. The predicted octanol–water partition coefficient (Wildman–Crippen LogP) is 1.77. The Balaban J connectivity index is 1.50. The van der Waals surface area contributed by atoms with Crippen LogP contribution in [-0.4, -0.2) is 68.6 Å². The molecule has 174 valence electrons. The standard InChI is InChI=1S/C25H29N3O5/c29-23-5-2-10-28(23)11-8-26-25(31)20-6-7-22-21(17-20)16-18-3-1-4-19(15-18)24(30)27-9-12-32-13-14-33-22/h1,3-4,6-7,15,17H,2,5,8-14,16H2,(H,26,31)(H,27,30). The quantitative estimate of drug-likeness (QED) is 0.739. The van der Waals surface area contributed by atoms with Gasteiger partial charge in [0.25, 0.3) is 11.8 Å². The van der Waals surface area contributed by atoms with E-state index in [4.69, 9.17) is 9.47 Å². The Bertz CT molecular complexity index is 1020. The van der Waals surface area contributed by atoms with Gasteiger partial charge in [0, 0.05) is 50.1 Å². The fraction of sp³-hybridized carbons (Fsp3) is 0.400. The van der Waals surface area contributed by atoms with Gasteiger partial charge < -0.3 is 25.0 Å². The molecule has 8 nitrogen and oxygen atoms in total. The van der Waals surface area contributed by atoms with Gasteiger partial charge in [-0.15, -0.1) is 0 Å². The molecule has 2 aromatic rings. The van der Waals surface area contributed by atoms with Crippen molar-refractivity contribution in [3.63, 3.8) is 0 Å². The van der Waals surface area contributed by atoms with E-state index in [2.05, 4.69) is 10.6 Å². The number of carbonyl (C=O) groups is 3. The molecule has 3 amide bonds. The molecule has 0 atom stereocenters. The van der Waals surface area contributed by atoms with Crippen LogP contribution in [0.2, 0.25) is 0 Å². The zero-order valence-electron chi connectivity index (χ0n) is 18.6. The summed E-state index contributed by atoms with van der Waals surface area (Å²) in [6, 6.07) is 12.8. The van der Waals surface area contributed by atoms with E-state index in [-0.39, 0.29) is 17.7 Å². The molecule has 2 heterocycles. The van der Waals surface area contributed by atoms with Gasteiger partial charge in [-0.2, -0.15) is 0 Å². The third kappa shape index (κ3) is 6.10. The highest BCUT2D eigenvalue weighted by Crippen LogP contribution is 2.24. The minimum absolute atomic E-state index is 0.140.